The summed E-state index contributed by atoms with van der Waals surface area (Å²) in [5, 5.41) is 9.22. The summed E-state index contributed by atoms with van der Waals surface area (Å²) in [5.41, 5.74) is -8.50. The molecule has 0 saturated heterocycles. The van der Waals surface area contributed by atoms with Crippen molar-refractivity contribution in [3.05, 3.63) is 0 Å². The number of unbranched alkanes of at least 4 members (excludes halogenated alkanes) is 3. The lowest BCUT2D eigenvalue weighted by Crippen LogP contribution is -2.17. The normalized spacial score (nSPS) is 18.8. The zero-order chi connectivity index (χ0) is 45.6. The van der Waals surface area contributed by atoms with Crippen LogP contribution < -0.4 is 0 Å². The third kappa shape index (κ3) is 32.9. The van der Waals surface area contributed by atoms with E-state index < -0.39 is 29.6 Å². The molecule has 9 unspecified atom stereocenters. The molecule has 9 atom stereocenters. The standard InChI is InChI=1S/C39H82O9P4S8/c1-12-18-21-36(15-4)26-42-49(53)57-29-33(9)46-52(56,60-31-35(11)47-51(55,45-32(7)8)58-25-24-39(40)41)48-34(10)30-59-50(54,43-27-37(16-5)22-19-13-2)44-28-38(17-6)23-20-14-3/h32-38,53H,12-31H2,1-11H3,(H,40,41). The van der Waals surface area contributed by atoms with Crippen molar-refractivity contribution in [3.63, 3.8) is 0 Å². The van der Waals surface area contributed by atoms with Crippen LogP contribution in [0.5, 0.6) is 0 Å². The van der Waals surface area contributed by atoms with E-state index in [1.165, 1.54) is 54.9 Å². The first-order valence-corrected chi connectivity index (χ1v) is 38.7. The molecule has 0 aromatic heterocycles. The highest BCUT2D eigenvalue weighted by molar-refractivity contribution is 8.82. The van der Waals surface area contributed by atoms with Crippen molar-refractivity contribution in [2.24, 2.45) is 17.8 Å². The molecule has 0 saturated carbocycles. The van der Waals surface area contributed by atoms with Gasteiger partial charge in [-0.25, -0.2) is 0 Å². The van der Waals surface area contributed by atoms with E-state index in [1.807, 2.05) is 34.6 Å². The summed E-state index contributed by atoms with van der Waals surface area (Å²) in [4.78, 5) is 11.2. The van der Waals surface area contributed by atoms with E-state index in [-0.39, 0.29) is 30.8 Å². The molecule has 0 radical (unpaired) electrons. The fraction of sp³-hybridized carbons (Fsp3) is 0.974. The number of hydrogen-bond donors (Lipinski definition) is 2. The zero-order valence-corrected chi connectivity index (χ0v) is 48.7. The molecule has 360 valence electrons. The van der Waals surface area contributed by atoms with Crippen molar-refractivity contribution >= 4 is 123 Å². The molecule has 21 heteroatoms. The van der Waals surface area contributed by atoms with Crippen LogP contribution in [-0.4, -0.2) is 78.3 Å². The molecule has 9 nitrogen and oxygen atoms in total. The van der Waals surface area contributed by atoms with E-state index >= 15 is 0 Å². The van der Waals surface area contributed by atoms with Gasteiger partial charge in [-0.2, -0.15) is 0 Å². The van der Waals surface area contributed by atoms with Crippen molar-refractivity contribution in [1.82, 2.24) is 0 Å². The Bertz CT molecular complexity index is 1220. The first kappa shape index (κ1) is 63.3. The molecule has 0 aliphatic heterocycles. The summed E-state index contributed by atoms with van der Waals surface area (Å²) < 4.78 is 45.3. The van der Waals surface area contributed by atoms with Gasteiger partial charge in [0.1, 0.15) is 6.55 Å². The van der Waals surface area contributed by atoms with Gasteiger partial charge in [0.05, 0.1) is 50.7 Å². The van der Waals surface area contributed by atoms with Gasteiger partial charge in [-0.3, -0.25) is 4.79 Å². The highest BCUT2D eigenvalue weighted by Gasteiger charge is 2.32. The van der Waals surface area contributed by atoms with Crippen LogP contribution in [-0.2, 0) is 71.9 Å². The first-order valence-electron chi connectivity index (χ1n) is 22.0. The summed E-state index contributed by atoms with van der Waals surface area (Å²) in [6.45, 7) is 24.0. The molecule has 1 N–H and O–H groups in total. The highest BCUT2D eigenvalue weighted by Crippen LogP contribution is 2.67. The van der Waals surface area contributed by atoms with Gasteiger partial charge < -0.3 is 36.8 Å². The van der Waals surface area contributed by atoms with Crippen molar-refractivity contribution in [1.29, 1.82) is 0 Å². The van der Waals surface area contributed by atoms with Gasteiger partial charge in [-0.15, -0.1) is 12.2 Å². The summed E-state index contributed by atoms with van der Waals surface area (Å²) in [6, 6.07) is 0. The van der Waals surface area contributed by atoms with Crippen LogP contribution >= 0.6 is 81.4 Å². The van der Waals surface area contributed by atoms with Crippen molar-refractivity contribution in [2.45, 2.75) is 184 Å². The van der Waals surface area contributed by atoms with Gasteiger partial charge in [0.2, 0.25) is 17.1 Å². The second-order valence-corrected chi connectivity index (χ2v) is 39.4. The number of thiol groups is 1. The predicted octanol–water partition coefficient (Wildman–Crippen LogP) is 16.6. The van der Waals surface area contributed by atoms with Crippen molar-refractivity contribution in [2.75, 3.05) is 42.8 Å². The van der Waals surface area contributed by atoms with Crippen LogP contribution in [0.3, 0.4) is 0 Å². The summed E-state index contributed by atoms with van der Waals surface area (Å²) in [7, 11) is 0. The summed E-state index contributed by atoms with van der Waals surface area (Å²) in [6.07, 6.45) is 12.6. The minimum Gasteiger partial charge on any atom is -0.481 e. The van der Waals surface area contributed by atoms with Crippen molar-refractivity contribution < 1.29 is 41.6 Å². The number of rotatable bonds is 42. The van der Waals surface area contributed by atoms with Crippen LogP contribution in [0, 0.1) is 17.8 Å². The average Bonchev–Trinajstić information content (AvgIpc) is 3.18. The highest BCUT2D eigenvalue weighted by atomic mass is 33.1. The third-order valence-corrected chi connectivity index (χ3v) is 29.7. The van der Waals surface area contributed by atoms with Crippen LogP contribution in [0.25, 0.3) is 0 Å². The molecule has 0 aromatic rings. The first-order chi connectivity index (χ1) is 28.3. The smallest absolute Gasteiger partial charge is 0.304 e. The topological polar surface area (TPSA) is 102 Å². The lowest BCUT2D eigenvalue weighted by molar-refractivity contribution is -0.136. The van der Waals surface area contributed by atoms with Gasteiger partial charge in [-0.1, -0.05) is 145 Å². The maximum atomic E-state index is 11.2. The molecule has 0 fully saturated rings. The van der Waals surface area contributed by atoms with Crippen molar-refractivity contribution in [3.8, 4) is 0 Å². The second kappa shape index (κ2) is 37.2. The molecule has 0 aromatic carbocycles. The minimum atomic E-state index is -2.97. The van der Waals surface area contributed by atoms with Gasteiger partial charge in [0.15, 0.2) is 0 Å². The lowest BCUT2D eigenvalue weighted by Gasteiger charge is -2.31. The molecular weight excluding hydrogens is 993 g/mol. The fourth-order valence-electron chi connectivity index (χ4n) is 5.39. The Morgan fingerprint density at radius 2 is 1.02 bits per heavy atom. The number of carboxylic acids is 1. The van der Waals surface area contributed by atoms with E-state index in [9.17, 15) is 9.90 Å². The maximum Gasteiger partial charge on any atom is 0.304 e. The van der Waals surface area contributed by atoms with Crippen LogP contribution in [0.4, 0.5) is 0 Å². The van der Waals surface area contributed by atoms with Gasteiger partial charge in [-0.05, 0) is 107 Å². The Hall–Kier alpha value is 3.32. The molecule has 0 bridgehead atoms. The number of hydrogen-bond acceptors (Lipinski definition) is 16. The molecule has 0 aliphatic carbocycles. The predicted molar refractivity (Wildman–Crippen MR) is 286 cm³/mol. The van der Waals surface area contributed by atoms with E-state index in [2.05, 4.69) is 41.5 Å². The van der Waals surface area contributed by atoms with Gasteiger partial charge in [0, 0.05) is 23.0 Å². The molecular formula is C39H82O9P4S8. The molecule has 0 aliphatic rings. The zero-order valence-electron chi connectivity index (χ0n) is 38.5. The van der Waals surface area contributed by atoms with Crippen LogP contribution in [0.2, 0.25) is 0 Å². The second-order valence-electron chi connectivity index (χ2n) is 15.5. The molecule has 0 spiro atoms. The number of carboxylic acid groups (broad SMARTS) is 1. The Balaban J connectivity index is 6.10. The molecule has 0 rings (SSSR count). The Kier molecular flexibility index (Phi) is 39.3. The monoisotopic (exact) mass is 1070 g/mol. The lowest BCUT2D eigenvalue weighted by atomic mass is 10.0. The molecule has 60 heavy (non-hydrogen) atoms. The number of carbonyl (C=O) groups is 1. The van der Waals surface area contributed by atoms with Gasteiger partial charge in [0.25, 0.3) is 0 Å². The third-order valence-electron chi connectivity index (χ3n) is 9.17. The number of aliphatic carboxylic acids is 1. The van der Waals surface area contributed by atoms with E-state index in [0.29, 0.717) is 54.0 Å². The minimum absolute atomic E-state index is 0.0249. The van der Waals surface area contributed by atoms with Gasteiger partial charge >= 0.3 is 5.97 Å². The average molecular weight is 1080 g/mol. The summed E-state index contributed by atoms with van der Waals surface area (Å²) >= 11 is 29.2. The van der Waals surface area contributed by atoms with Crippen LogP contribution in [0.15, 0.2) is 0 Å². The Morgan fingerprint density at radius 3 is 1.42 bits per heavy atom. The Labute approximate surface area is 405 Å². The van der Waals surface area contributed by atoms with E-state index in [1.54, 1.807) is 22.8 Å². The summed E-state index contributed by atoms with van der Waals surface area (Å²) in [5.74, 6) is 2.50. The largest absolute Gasteiger partial charge is 0.481 e. The molecule has 0 heterocycles. The quantitative estimate of drug-likeness (QED) is 0.0447. The Morgan fingerprint density at radius 1 is 0.617 bits per heavy atom. The SMILES string of the molecule is CCCCC(CC)COP(S)SCC(C)OP(=S)(OC(C)CSP(=S)(OCC(CC)CCCC)OCC(CC)CCCC)SCC(C)OP(=S)(OC(C)C)SCCC(=O)O. The fourth-order valence-corrected chi connectivity index (χ4v) is 24.2. The molecule has 0 amide bonds. The maximum absolute atomic E-state index is 11.2. The van der Waals surface area contributed by atoms with E-state index in [4.69, 9.17) is 79.3 Å². The van der Waals surface area contributed by atoms with E-state index in [0.717, 1.165) is 51.6 Å². The van der Waals surface area contributed by atoms with Crippen LogP contribution in [0.1, 0.15) is 160 Å².